The molecule has 0 aliphatic carbocycles. The summed E-state index contributed by atoms with van der Waals surface area (Å²) in [6, 6.07) is 3.96. The zero-order chi connectivity index (χ0) is 15.6. The van der Waals surface area contributed by atoms with Gasteiger partial charge in [0.1, 0.15) is 5.82 Å². The van der Waals surface area contributed by atoms with Crippen molar-refractivity contribution in [3.05, 3.63) is 58.1 Å². The molecule has 3 nitrogen and oxygen atoms in total. The van der Waals surface area contributed by atoms with E-state index in [1.807, 2.05) is 0 Å². The standard InChI is InChI=1S/C13H7BrF4N2O/c14-9-6-19-5-4-10(9)20-12(21)7-2-1-3-8(11(7)15)13(16,17)18/h1-6H,(H,19,20,21). The van der Waals surface area contributed by atoms with Crippen LogP contribution in [0.4, 0.5) is 23.2 Å². The van der Waals surface area contributed by atoms with Gasteiger partial charge in [0.25, 0.3) is 5.91 Å². The average molecular weight is 363 g/mol. The van der Waals surface area contributed by atoms with Crippen molar-refractivity contribution >= 4 is 27.5 Å². The second-order valence-corrected chi connectivity index (χ2v) is 4.83. The largest absolute Gasteiger partial charge is 0.419 e. The van der Waals surface area contributed by atoms with Crippen LogP contribution in [0.3, 0.4) is 0 Å². The molecule has 0 fully saturated rings. The highest BCUT2D eigenvalue weighted by atomic mass is 79.9. The minimum atomic E-state index is -4.86. The second-order valence-electron chi connectivity index (χ2n) is 3.97. The van der Waals surface area contributed by atoms with Gasteiger partial charge in [0, 0.05) is 12.4 Å². The van der Waals surface area contributed by atoms with Crippen LogP contribution < -0.4 is 5.32 Å². The van der Waals surface area contributed by atoms with Crippen molar-refractivity contribution in [3.8, 4) is 0 Å². The summed E-state index contributed by atoms with van der Waals surface area (Å²) in [5.41, 5.74) is -1.90. The first-order valence-electron chi connectivity index (χ1n) is 5.57. The molecule has 1 aromatic heterocycles. The molecule has 21 heavy (non-hydrogen) atoms. The van der Waals surface area contributed by atoms with E-state index in [1.54, 1.807) is 0 Å². The summed E-state index contributed by atoms with van der Waals surface area (Å²) in [6.45, 7) is 0. The summed E-state index contributed by atoms with van der Waals surface area (Å²) >= 11 is 3.11. The predicted octanol–water partition coefficient (Wildman–Crippen LogP) is 4.25. The number of nitrogens with zero attached hydrogens (tertiary/aromatic N) is 1. The van der Waals surface area contributed by atoms with Crippen LogP contribution in [0.15, 0.2) is 41.1 Å². The number of pyridine rings is 1. The van der Waals surface area contributed by atoms with Crippen LogP contribution in [0.5, 0.6) is 0 Å². The number of benzene rings is 1. The predicted molar refractivity (Wildman–Crippen MR) is 71.3 cm³/mol. The SMILES string of the molecule is O=C(Nc1ccncc1Br)c1cccc(C(F)(F)F)c1F. The molecule has 0 saturated heterocycles. The van der Waals surface area contributed by atoms with E-state index in [1.165, 1.54) is 18.5 Å². The van der Waals surface area contributed by atoms with Gasteiger partial charge in [-0.25, -0.2) is 4.39 Å². The normalized spacial score (nSPS) is 11.3. The van der Waals surface area contributed by atoms with E-state index < -0.39 is 29.0 Å². The Morgan fingerprint density at radius 1 is 1.24 bits per heavy atom. The van der Waals surface area contributed by atoms with Crippen molar-refractivity contribution in [1.29, 1.82) is 0 Å². The van der Waals surface area contributed by atoms with Crippen LogP contribution in [-0.2, 0) is 6.18 Å². The average Bonchev–Trinajstić information content (AvgIpc) is 2.40. The minimum absolute atomic E-state index is 0.270. The van der Waals surface area contributed by atoms with E-state index in [0.29, 0.717) is 10.5 Å². The Hall–Kier alpha value is -1.96. The smallest absolute Gasteiger partial charge is 0.321 e. The zero-order valence-electron chi connectivity index (χ0n) is 10.2. The topological polar surface area (TPSA) is 42.0 Å². The molecular formula is C13H7BrF4N2O. The molecule has 0 spiro atoms. The highest BCUT2D eigenvalue weighted by molar-refractivity contribution is 9.10. The fourth-order valence-electron chi connectivity index (χ4n) is 1.59. The quantitative estimate of drug-likeness (QED) is 0.811. The van der Waals surface area contributed by atoms with Gasteiger partial charge >= 0.3 is 6.18 Å². The van der Waals surface area contributed by atoms with Crippen molar-refractivity contribution in [2.45, 2.75) is 6.18 Å². The number of nitrogens with one attached hydrogen (secondary N) is 1. The second kappa shape index (κ2) is 5.80. The summed E-state index contributed by atoms with van der Waals surface area (Å²) in [6.07, 6.45) is -2.10. The number of anilines is 1. The molecule has 1 N–H and O–H groups in total. The molecule has 0 radical (unpaired) electrons. The molecule has 2 aromatic rings. The minimum Gasteiger partial charge on any atom is -0.321 e. The van der Waals surface area contributed by atoms with E-state index in [0.717, 1.165) is 12.1 Å². The zero-order valence-corrected chi connectivity index (χ0v) is 11.8. The van der Waals surface area contributed by atoms with Gasteiger partial charge in [0.2, 0.25) is 0 Å². The Bertz CT molecular complexity index is 688. The number of carbonyl (C=O) groups is 1. The Balaban J connectivity index is 2.35. The van der Waals surface area contributed by atoms with Crippen LogP contribution in [0, 0.1) is 5.82 Å². The molecule has 0 bridgehead atoms. The summed E-state index contributed by atoms with van der Waals surface area (Å²) in [5, 5.41) is 2.31. The van der Waals surface area contributed by atoms with E-state index in [4.69, 9.17) is 0 Å². The summed E-state index contributed by atoms with van der Waals surface area (Å²) < 4.78 is 52.0. The highest BCUT2D eigenvalue weighted by Crippen LogP contribution is 2.32. The van der Waals surface area contributed by atoms with E-state index >= 15 is 0 Å². The Kier molecular flexibility index (Phi) is 4.26. The highest BCUT2D eigenvalue weighted by Gasteiger charge is 2.35. The maximum absolute atomic E-state index is 13.8. The van der Waals surface area contributed by atoms with Crippen LogP contribution in [0.25, 0.3) is 0 Å². The first-order chi connectivity index (χ1) is 9.80. The van der Waals surface area contributed by atoms with Gasteiger partial charge in [0.05, 0.1) is 21.3 Å². The van der Waals surface area contributed by atoms with Crippen molar-refractivity contribution < 1.29 is 22.4 Å². The Labute approximate surface area is 125 Å². The first-order valence-corrected chi connectivity index (χ1v) is 6.36. The lowest BCUT2D eigenvalue weighted by molar-refractivity contribution is -0.140. The van der Waals surface area contributed by atoms with Gasteiger partial charge in [-0.05, 0) is 34.1 Å². The molecule has 0 atom stereocenters. The van der Waals surface area contributed by atoms with Gasteiger partial charge < -0.3 is 5.32 Å². The van der Waals surface area contributed by atoms with Crippen molar-refractivity contribution in [2.24, 2.45) is 0 Å². The Morgan fingerprint density at radius 3 is 2.57 bits per heavy atom. The van der Waals surface area contributed by atoms with Crippen molar-refractivity contribution in [1.82, 2.24) is 4.98 Å². The number of aromatic nitrogens is 1. The van der Waals surface area contributed by atoms with Gasteiger partial charge in [-0.1, -0.05) is 6.07 Å². The van der Waals surface area contributed by atoms with Gasteiger partial charge in [-0.3, -0.25) is 9.78 Å². The molecule has 2 rings (SSSR count). The number of hydrogen-bond donors (Lipinski definition) is 1. The third kappa shape index (κ3) is 3.38. The number of carbonyl (C=O) groups excluding carboxylic acids is 1. The lowest BCUT2D eigenvalue weighted by atomic mass is 10.1. The summed E-state index contributed by atoms with van der Waals surface area (Å²) in [7, 11) is 0. The number of alkyl halides is 3. The molecule has 1 aromatic carbocycles. The fourth-order valence-corrected chi connectivity index (χ4v) is 1.94. The molecule has 1 amide bonds. The van der Waals surface area contributed by atoms with Crippen LogP contribution >= 0.6 is 15.9 Å². The summed E-state index contributed by atoms with van der Waals surface area (Å²) in [5.74, 6) is -2.59. The number of hydrogen-bond acceptors (Lipinski definition) is 2. The van der Waals surface area contributed by atoms with Crippen LogP contribution in [0.1, 0.15) is 15.9 Å². The molecule has 0 aliphatic rings. The maximum Gasteiger partial charge on any atom is 0.419 e. The van der Waals surface area contributed by atoms with Crippen LogP contribution in [-0.4, -0.2) is 10.9 Å². The van der Waals surface area contributed by atoms with Crippen LogP contribution in [0.2, 0.25) is 0 Å². The summed E-state index contributed by atoms with van der Waals surface area (Å²) in [4.78, 5) is 15.7. The Morgan fingerprint density at radius 2 is 1.95 bits per heavy atom. The first kappa shape index (κ1) is 15.4. The molecule has 110 valence electrons. The molecule has 1 heterocycles. The fraction of sp³-hybridized carbons (Fsp3) is 0.0769. The third-order valence-electron chi connectivity index (χ3n) is 2.57. The number of halogens is 5. The number of rotatable bonds is 2. The van der Waals surface area contributed by atoms with Gasteiger partial charge in [0.15, 0.2) is 0 Å². The molecular weight excluding hydrogens is 356 g/mol. The van der Waals surface area contributed by atoms with Crippen molar-refractivity contribution in [2.75, 3.05) is 5.32 Å². The molecule has 0 aliphatic heterocycles. The monoisotopic (exact) mass is 362 g/mol. The van der Waals surface area contributed by atoms with E-state index in [-0.39, 0.29) is 5.69 Å². The lowest BCUT2D eigenvalue weighted by Crippen LogP contribution is -2.17. The number of amides is 1. The van der Waals surface area contributed by atoms with Crippen molar-refractivity contribution in [3.63, 3.8) is 0 Å². The maximum atomic E-state index is 13.8. The molecule has 0 saturated carbocycles. The van der Waals surface area contributed by atoms with Gasteiger partial charge in [-0.15, -0.1) is 0 Å². The van der Waals surface area contributed by atoms with E-state index in [9.17, 15) is 22.4 Å². The molecule has 8 heteroatoms. The third-order valence-corrected chi connectivity index (χ3v) is 3.20. The van der Waals surface area contributed by atoms with E-state index in [2.05, 4.69) is 26.2 Å². The lowest BCUT2D eigenvalue weighted by Gasteiger charge is -2.11. The van der Waals surface area contributed by atoms with Gasteiger partial charge in [-0.2, -0.15) is 13.2 Å². The molecule has 0 unspecified atom stereocenters.